The van der Waals surface area contributed by atoms with E-state index in [2.05, 4.69) is 29.1 Å². The van der Waals surface area contributed by atoms with Gasteiger partial charge < -0.3 is 5.32 Å². The summed E-state index contributed by atoms with van der Waals surface area (Å²) >= 11 is 0. The van der Waals surface area contributed by atoms with E-state index in [-0.39, 0.29) is 0 Å². The summed E-state index contributed by atoms with van der Waals surface area (Å²) in [6, 6.07) is 5.88. The van der Waals surface area contributed by atoms with E-state index < -0.39 is 0 Å². The van der Waals surface area contributed by atoms with Crippen LogP contribution in [-0.4, -0.2) is 18.1 Å². The van der Waals surface area contributed by atoms with Gasteiger partial charge in [-0.3, -0.25) is 4.98 Å². The Morgan fingerprint density at radius 1 is 1.38 bits per heavy atom. The lowest BCUT2D eigenvalue weighted by atomic mass is 10.3. The van der Waals surface area contributed by atoms with E-state index in [1.807, 2.05) is 18.2 Å². The molecule has 0 radical (unpaired) electrons. The topological polar surface area (TPSA) is 24.9 Å². The minimum atomic E-state index is 0.742. The molecule has 1 aromatic heterocycles. The molecule has 0 saturated heterocycles. The Labute approximate surface area is 79.4 Å². The van der Waals surface area contributed by atoms with Crippen LogP contribution in [0.3, 0.4) is 0 Å². The highest BCUT2D eigenvalue weighted by Crippen LogP contribution is 1.92. The summed E-state index contributed by atoms with van der Waals surface area (Å²) < 4.78 is 0. The van der Waals surface area contributed by atoms with Crippen molar-refractivity contribution in [2.24, 2.45) is 0 Å². The van der Waals surface area contributed by atoms with Gasteiger partial charge in [0.15, 0.2) is 0 Å². The van der Waals surface area contributed by atoms with Gasteiger partial charge in [0.1, 0.15) is 0 Å². The zero-order valence-corrected chi connectivity index (χ0v) is 7.88. The molecule has 0 saturated carbocycles. The van der Waals surface area contributed by atoms with Gasteiger partial charge in [-0.1, -0.05) is 24.8 Å². The van der Waals surface area contributed by atoms with Crippen molar-refractivity contribution in [2.45, 2.75) is 13.3 Å². The molecular formula is C11H14N2. The Balaban J connectivity index is 2.29. The van der Waals surface area contributed by atoms with E-state index in [4.69, 9.17) is 0 Å². The lowest BCUT2D eigenvalue weighted by molar-refractivity contribution is 0.810. The van der Waals surface area contributed by atoms with Crippen LogP contribution in [0.2, 0.25) is 0 Å². The van der Waals surface area contributed by atoms with Gasteiger partial charge in [0.2, 0.25) is 0 Å². The van der Waals surface area contributed by atoms with E-state index in [1.54, 1.807) is 6.20 Å². The van der Waals surface area contributed by atoms with Crippen molar-refractivity contribution in [1.29, 1.82) is 0 Å². The number of rotatable bonds is 3. The van der Waals surface area contributed by atoms with Crippen LogP contribution in [-0.2, 0) is 6.42 Å². The van der Waals surface area contributed by atoms with E-state index in [9.17, 15) is 0 Å². The highest BCUT2D eigenvalue weighted by Gasteiger charge is 1.85. The van der Waals surface area contributed by atoms with Crippen molar-refractivity contribution >= 4 is 0 Å². The quantitative estimate of drug-likeness (QED) is 0.551. The molecule has 0 atom stereocenters. The van der Waals surface area contributed by atoms with Crippen LogP contribution in [0.1, 0.15) is 12.6 Å². The zero-order valence-electron chi connectivity index (χ0n) is 7.88. The molecule has 1 aromatic rings. The first-order valence-corrected chi connectivity index (χ1v) is 4.50. The molecule has 13 heavy (non-hydrogen) atoms. The smallest absolute Gasteiger partial charge is 0.0576 e. The third-order valence-electron chi connectivity index (χ3n) is 1.58. The lowest BCUT2D eigenvalue weighted by Crippen LogP contribution is -2.11. The maximum Gasteiger partial charge on any atom is 0.0576 e. The fraction of sp³-hybridized carbons (Fsp3) is 0.364. The summed E-state index contributed by atoms with van der Waals surface area (Å²) in [4.78, 5) is 4.17. The van der Waals surface area contributed by atoms with Crippen LogP contribution < -0.4 is 5.32 Å². The minimum absolute atomic E-state index is 0.742. The zero-order chi connectivity index (χ0) is 9.36. The summed E-state index contributed by atoms with van der Waals surface area (Å²) in [6.07, 6.45) is 2.54. The SMILES string of the molecule is CCNCC#CCc1ccccn1. The molecule has 0 bridgehead atoms. The van der Waals surface area contributed by atoms with Gasteiger partial charge >= 0.3 is 0 Å². The third kappa shape index (κ3) is 4.29. The van der Waals surface area contributed by atoms with Crippen molar-refractivity contribution < 1.29 is 0 Å². The molecule has 0 aromatic carbocycles. The molecule has 1 N–H and O–H groups in total. The summed E-state index contributed by atoms with van der Waals surface area (Å²) in [5, 5.41) is 3.14. The molecule has 0 aliphatic rings. The molecule has 0 aliphatic carbocycles. The van der Waals surface area contributed by atoms with Gasteiger partial charge in [0, 0.05) is 6.20 Å². The number of nitrogens with zero attached hydrogens (tertiary/aromatic N) is 1. The molecule has 0 spiro atoms. The summed E-state index contributed by atoms with van der Waals surface area (Å²) in [5.74, 6) is 6.10. The predicted molar refractivity (Wildman–Crippen MR) is 54.3 cm³/mol. The van der Waals surface area contributed by atoms with Crippen LogP contribution >= 0.6 is 0 Å². The fourth-order valence-electron chi connectivity index (χ4n) is 0.906. The van der Waals surface area contributed by atoms with Crippen molar-refractivity contribution in [3.63, 3.8) is 0 Å². The number of pyridine rings is 1. The Morgan fingerprint density at radius 3 is 3.00 bits per heavy atom. The first kappa shape index (κ1) is 9.76. The first-order chi connectivity index (χ1) is 6.43. The Hall–Kier alpha value is -1.33. The van der Waals surface area contributed by atoms with Crippen LogP contribution in [0.4, 0.5) is 0 Å². The molecule has 2 heteroatoms. The Kier molecular flexibility index (Phi) is 4.66. The summed E-state index contributed by atoms with van der Waals surface area (Å²) in [5.41, 5.74) is 1.03. The fourth-order valence-corrected chi connectivity index (χ4v) is 0.906. The maximum absolute atomic E-state index is 4.17. The third-order valence-corrected chi connectivity index (χ3v) is 1.58. The molecule has 1 rings (SSSR count). The minimum Gasteiger partial charge on any atom is -0.307 e. The van der Waals surface area contributed by atoms with Crippen molar-refractivity contribution in [2.75, 3.05) is 13.1 Å². The van der Waals surface area contributed by atoms with E-state index in [0.717, 1.165) is 25.2 Å². The predicted octanol–water partition coefficient (Wildman–Crippen LogP) is 1.24. The van der Waals surface area contributed by atoms with Crippen LogP contribution in [0, 0.1) is 11.8 Å². The maximum atomic E-state index is 4.17. The number of aromatic nitrogens is 1. The van der Waals surface area contributed by atoms with Crippen LogP contribution in [0.15, 0.2) is 24.4 Å². The average molecular weight is 174 g/mol. The summed E-state index contributed by atoms with van der Waals surface area (Å²) in [7, 11) is 0. The second-order valence-corrected chi connectivity index (χ2v) is 2.63. The standard InChI is InChI=1S/C11H14N2/c1-2-12-9-5-3-7-11-8-4-6-10-13-11/h4,6,8,10,12H,2,7,9H2,1H3. The second-order valence-electron chi connectivity index (χ2n) is 2.63. The van der Waals surface area contributed by atoms with Gasteiger partial charge in [-0.15, -0.1) is 0 Å². The normalized spacial score (nSPS) is 9.00. The molecule has 0 unspecified atom stereocenters. The first-order valence-electron chi connectivity index (χ1n) is 4.50. The monoisotopic (exact) mass is 174 g/mol. The molecule has 1 heterocycles. The molecular weight excluding hydrogens is 160 g/mol. The van der Waals surface area contributed by atoms with Gasteiger partial charge in [-0.05, 0) is 18.7 Å². The van der Waals surface area contributed by atoms with Gasteiger partial charge in [-0.2, -0.15) is 0 Å². The molecule has 2 nitrogen and oxygen atoms in total. The highest BCUT2D eigenvalue weighted by atomic mass is 14.8. The van der Waals surface area contributed by atoms with Gasteiger partial charge in [-0.25, -0.2) is 0 Å². The summed E-state index contributed by atoms with van der Waals surface area (Å²) in [6.45, 7) is 3.81. The van der Waals surface area contributed by atoms with E-state index in [1.165, 1.54) is 0 Å². The molecule has 0 fully saturated rings. The largest absolute Gasteiger partial charge is 0.307 e. The lowest BCUT2D eigenvalue weighted by Gasteiger charge is -1.91. The Morgan fingerprint density at radius 2 is 2.31 bits per heavy atom. The molecule has 0 aliphatic heterocycles. The molecule has 68 valence electrons. The van der Waals surface area contributed by atoms with Crippen LogP contribution in [0.5, 0.6) is 0 Å². The van der Waals surface area contributed by atoms with Crippen molar-refractivity contribution in [3.8, 4) is 11.8 Å². The van der Waals surface area contributed by atoms with Gasteiger partial charge in [0.25, 0.3) is 0 Å². The highest BCUT2D eigenvalue weighted by molar-refractivity contribution is 5.13. The van der Waals surface area contributed by atoms with E-state index >= 15 is 0 Å². The number of hydrogen-bond donors (Lipinski definition) is 1. The Bertz CT molecular complexity index is 282. The van der Waals surface area contributed by atoms with E-state index in [0.29, 0.717) is 0 Å². The van der Waals surface area contributed by atoms with Gasteiger partial charge in [0.05, 0.1) is 18.7 Å². The van der Waals surface area contributed by atoms with Crippen molar-refractivity contribution in [3.05, 3.63) is 30.1 Å². The molecule has 0 amide bonds. The number of hydrogen-bond acceptors (Lipinski definition) is 2. The van der Waals surface area contributed by atoms with Crippen molar-refractivity contribution in [1.82, 2.24) is 10.3 Å². The second kappa shape index (κ2) is 6.22. The van der Waals surface area contributed by atoms with Crippen LogP contribution in [0.25, 0.3) is 0 Å². The average Bonchev–Trinajstić information content (AvgIpc) is 2.19. The number of nitrogens with one attached hydrogen (secondary N) is 1.